The molecular weight excluding hydrogens is 322 g/mol. The second kappa shape index (κ2) is 7.57. The third kappa shape index (κ3) is 3.30. The van der Waals surface area contributed by atoms with E-state index in [1.165, 1.54) is 5.56 Å². The summed E-state index contributed by atoms with van der Waals surface area (Å²) in [6, 6.07) is 9.98. The summed E-state index contributed by atoms with van der Waals surface area (Å²) >= 11 is 1.66. The molecule has 2 N–H and O–H groups in total. The summed E-state index contributed by atoms with van der Waals surface area (Å²) in [7, 11) is 0. The summed E-state index contributed by atoms with van der Waals surface area (Å²) in [5.41, 5.74) is 7.21. The van der Waals surface area contributed by atoms with Gasteiger partial charge in [0.05, 0.1) is 5.88 Å². The van der Waals surface area contributed by atoms with E-state index < -0.39 is 0 Å². The highest BCUT2D eigenvalue weighted by molar-refractivity contribution is 7.99. The maximum absolute atomic E-state index is 13.0. The number of benzene rings is 1. The molecule has 2 amide bonds. The molecular formula is C18H25N3O2S. The summed E-state index contributed by atoms with van der Waals surface area (Å²) in [4.78, 5) is 28.7. The van der Waals surface area contributed by atoms with Crippen molar-refractivity contribution in [3.8, 4) is 0 Å². The van der Waals surface area contributed by atoms with E-state index in [1.807, 2.05) is 30.0 Å². The van der Waals surface area contributed by atoms with Gasteiger partial charge >= 0.3 is 0 Å². The molecule has 130 valence electrons. The minimum Gasteiger partial charge on any atom is -0.340 e. The van der Waals surface area contributed by atoms with Crippen molar-refractivity contribution in [1.29, 1.82) is 0 Å². The second-order valence-corrected chi connectivity index (χ2v) is 7.49. The van der Waals surface area contributed by atoms with E-state index >= 15 is 0 Å². The normalized spacial score (nSPS) is 26.8. The molecule has 3 atom stereocenters. The Hall–Kier alpha value is -1.53. The number of rotatable bonds is 4. The van der Waals surface area contributed by atoms with Crippen molar-refractivity contribution in [1.82, 2.24) is 9.80 Å². The Morgan fingerprint density at radius 1 is 1.25 bits per heavy atom. The molecule has 2 aliphatic rings. The average Bonchev–Trinajstić information content (AvgIpc) is 3.28. The molecule has 0 aliphatic carbocycles. The quantitative estimate of drug-likeness (QED) is 0.896. The van der Waals surface area contributed by atoms with Gasteiger partial charge < -0.3 is 15.5 Å². The number of nitrogens with two attached hydrogens (primary N) is 1. The van der Waals surface area contributed by atoms with Crippen LogP contribution >= 0.6 is 11.8 Å². The van der Waals surface area contributed by atoms with E-state index in [1.54, 1.807) is 16.7 Å². The van der Waals surface area contributed by atoms with Crippen LogP contribution in [0.2, 0.25) is 0 Å². The Bertz CT molecular complexity index is 595. The third-order valence-corrected chi connectivity index (χ3v) is 6.09. The number of thioether (sulfide) groups is 1. The summed E-state index contributed by atoms with van der Waals surface area (Å²) in [6.07, 6.45) is 0.447. The van der Waals surface area contributed by atoms with Crippen molar-refractivity contribution in [2.45, 2.75) is 25.3 Å². The number of nitrogens with zero attached hydrogens (tertiary/aromatic N) is 2. The van der Waals surface area contributed by atoms with Crippen LogP contribution in [0.5, 0.6) is 0 Å². The van der Waals surface area contributed by atoms with Gasteiger partial charge in [0.15, 0.2) is 0 Å². The lowest BCUT2D eigenvalue weighted by Crippen LogP contribution is -2.48. The second-order valence-electron chi connectivity index (χ2n) is 6.49. The smallest absolute Gasteiger partial charge is 0.246 e. The number of amides is 2. The fourth-order valence-corrected chi connectivity index (χ4v) is 4.85. The Morgan fingerprint density at radius 3 is 2.67 bits per heavy atom. The first-order chi connectivity index (χ1) is 11.7. The topological polar surface area (TPSA) is 66.6 Å². The van der Waals surface area contributed by atoms with Gasteiger partial charge in [0.25, 0.3) is 0 Å². The Labute approximate surface area is 147 Å². The van der Waals surface area contributed by atoms with E-state index in [0.717, 1.165) is 0 Å². The Balaban J connectivity index is 1.73. The number of likely N-dealkylation sites (tertiary alicyclic amines) is 1. The molecule has 0 spiro atoms. The first-order valence-corrected chi connectivity index (χ1v) is 9.72. The van der Waals surface area contributed by atoms with Crippen LogP contribution in [0.4, 0.5) is 0 Å². The van der Waals surface area contributed by atoms with Gasteiger partial charge in [0, 0.05) is 31.2 Å². The van der Waals surface area contributed by atoms with Gasteiger partial charge in [-0.15, -0.1) is 11.8 Å². The Morgan fingerprint density at radius 2 is 2.00 bits per heavy atom. The first-order valence-electron chi connectivity index (χ1n) is 8.56. The maximum Gasteiger partial charge on any atom is 0.246 e. The highest BCUT2D eigenvalue weighted by Gasteiger charge is 2.41. The van der Waals surface area contributed by atoms with Crippen LogP contribution in [0.25, 0.3) is 0 Å². The average molecular weight is 347 g/mol. The standard InChI is InChI=1S/C18H25N3O2S/c1-2-17(22)21-12-24-11-16(21)18(23)20-9-14(8-19)15(10-20)13-6-4-3-5-7-13/h3-7,14-16H,2,8-12,19H2,1H3/t14-,15+,16?/m1/s1. The van der Waals surface area contributed by atoms with Crippen molar-refractivity contribution < 1.29 is 9.59 Å². The number of carbonyl (C=O) groups excluding carboxylic acids is 2. The van der Waals surface area contributed by atoms with Gasteiger partial charge in [0.2, 0.25) is 11.8 Å². The molecule has 2 aliphatic heterocycles. The molecule has 5 nitrogen and oxygen atoms in total. The van der Waals surface area contributed by atoms with Crippen molar-refractivity contribution >= 4 is 23.6 Å². The molecule has 2 heterocycles. The van der Waals surface area contributed by atoms with Crippen LogP contribution in [-0.4, -0.2) is 58.9 Å². The summed E-state index contributed by atoms with van der Waals surface area (Å²) in [5.74, 6) is 2.03. The van der Waals surface area contributed by atoms with Crippen molar-refractivity contribution in [3.63, 3.8) is 0 Å². The molecule has 3 rings (SSSR count). The van der Waals surface area contributed by atoms with Gasteiger partial charge in [-0.05, 0) is 18.0 Å². The lowest BCUT2D eigenvalue weighted by molar-refractivity contribution is -0.142. The fraction of sp³-hybridized carbons (Fsp3) is 0.556. The largest absolute Gasteiger partial charge is 0.340 e. The molecule has 1 unspecified atom stereocenters. The number of carbonyl (C=O) groups is 2. The van der Waals surface area contributed by atoms with Gasteiger partial charge in [0.1, 0.15) is 6.04 Å². The van der Waals surface area contributed by atoms with Crippen LogP contribution < -0.4 is 5.73 Å². The van der Waals surface area contributed by atoms with Crippen LogP contribution in [0.15, 0.2) is 30.3 Å². The van der Waals surface area contributed by atoms with Crippen molar-refractivity contribution in [2.24, 2.45) is 11.7 Å². The summed E-state index contributed by atoms with van der Waals surface area (Å²) < 4.78 is 0. The van der Waals surface area contributed by atoms with E-state index in [4.69, 9.17) is 5.73 Å². The van der Waals surface area contributed by atoms with Gasteiger partial charge in [-0.2, -0.15) is 0 Å². The van der Waals surface area contributed by atoms with Crippen LogP contribution in [0.3, 0.4) is 0 Å². The summed E-state index contributed by atoms with van der Waals surface area (Å²) in [6.45, 7) is 3.79. The third-order valence-electron chi connectivity index (χ3n) is 5.07. The zero-order valence-corrected chi connectivity index (χ0v) is 14.9. The lowest BCUT2D eigenvalue weighted by atomic mass is 9.89. The molecule has 0 bridgehead atoms. The molecule has 0 saturated carbocycles. The highest BCUT2D eigenvalue weighted by Crippen LogP contribution is 2.33. The molecule has 1 aromatic rings. The zero-order valence-electron chi connectivity index (χ0n) is 14.1. The minimum absolute atomic E-state index is 0.0625. The van der Waals surface area contributed by atoms with Crippen LogP contribution in [0, 0.1) is 5.92 Å². The molecule has 1 aromatic carbocycles. The van der Waals surface area contributed by atoms with Crippen LogP contribution in [-0.2, 0) is 9.59 Å². The van der Waals surface area contributed by atoms with E-state index in [9.17, 15) is 9.59 Å². The molecule has 6 heteroatoms. The number of hydrogen-bond donors (Lipinski definition) is 1. The van der Waals surface area contributed by atoms with Gasteiger partial charge in [-0.3, -0.25) is 9.59 Å². The molecule has 2 saturated heterocycles. The maximum atomic E-state index is 13.0. The monoisotopic (exact) mass is 347 g/mol. The van der Waals surface area contributed by atoms with Crippen molar-refractivity contribution in [3.05, 3.63) is 35.9 Å². The van der Waals surface area contributed by atoms with E-state index in [-0.39, 0.29) is 29.7 Å². The van der Waals surface area contributed by atoms with Crippen LogP contribution in [0.1, 0.15) is 24.8 Å². The molecule has 24 heavy (non-hydrogen) atoms. The number of hydrogen-bond acceptors (Lipinski definition) is 4. The predicted molar refractivity (Wildman–Crippen MR) is 96.6 cm³/mol. The van der Waals surface area contributed by atoms with Gasteiger partial charge in [-0.1, -0.05) is 37.3 Å². The Kier molecular flexibility index (Phi) is 5.46. The zero-order chi connectivity index (χ0) is 17.1. The fourth-order valence-electron chi connectivity index (χ4n) is 3.67. The van der Waals surface area contributed by atoms with E-state index in [0.29, 0.717) is 37.7 Å². The SMILES string of the molecule is CCC(=O)N1CSCC1C(=O)N1C[C@@H](CN)[C@H](c2ccccc2)C1. The lowest BCUT2D eigenvalue weighted by Gasteiger charge is -2.27. The first kappa shape index (κ1) is 17.3. The van der Waals surface area contributed by atoms with Gasteiger partial charge in [-0.25, -0.2) is 0 Å². The van der Waals surface area contributed by atoms with Crippen molar-refractivity contribution in [2.75, 3.05) is 31.3 Å². The molecule has 0 radical (unpaired) electrons. The predicted octanol–water partition coefficient (Wildman–Crippen LogP) is 1.50. The highest BCUT2D eigenvalue weighted by atomic mass is 32.2. The summed E-state index contributed by atoms with van der Waals surface area (Å²) in [5, 5.41) is 0. The molecule has 0 aromatic heterocycles. The minimum atomic E-state index is -0.310. The van der Waals surface area contributed by atoms with E-state index in [2.05, 4.69) is 12.1 Å². The molecule has 2 fully saturated rings.